The van der Waals surface area contributed by atoms with Gasteiger partial charge in [-0.05, 0) is 24.3 Å². The van der Waals surface area contributed by atoms with Crippen LogP contribution in [0.3, 0.4) is 0 Å². The lowest BCUT2D eigenvalue weighted by molar-refractivity contribution is 0.256. The lowest BCUT2D eigenvalue weighted by Crippen LogP contribution is -2.31. The molecular weight excluding hydrogens is 264 g/mol. The van der Waals surface area contributed by atoms with E-state index in [9.17, 15) is 4.79 Å². The fourth-order valence-corrected chi connectivity index (χ4v) is 2.33. The van der Waals surface area contributed by atoms with Crippen molar-refractivity contribution < 1.29 is 9.53 Å². The van der Waals surface area contributed by atoms with Crippen LogP contribution in [-0.2, 0) is 6.61 Å². The smallest absolute Gasteiger partial charge is 0.324 e. The summed E-state index contributed by atoms with van der Waals surface area (Å²) in [7, 11) is 0. The summed E-state index contributed by atoms with van der Waals surface area (Å²) in [5, 5.41) is 0.521. The predicted molar refractivity (Wildman–Crippen MR) is 73.9 cm³/mol. The number of rotatable bonds is 0. The highest BCUT2D eigenvalue weighted by atomic mass is 35.5. The van der Waals surface area contributed by atoms with E-state index in [1.54, 1.807) is 18.2 Å². The van der Waals surface area contributed by atoms with Crippen LogP contribution in [-0.4, -0.2) is 6.03 Å². The van der Waals surface area contributed by atoms with E-state index in [0.717, 1.165) is 11.3 Å². The number of hydrogen-bond acceptors (Lipinski definition) is 2. The molecule has 2 aromatic rings. The second-order valence-electron chi connectivity index (χ2n) is 4.20. The molecule has 0 aromatic heterocycles. The zero-order chi connectivity index (χ0) is 13.4. The van der Waals surface area contributed by atoms with E-state index in [-0.39, 0.29) is 0 Å². The van der Waals surface area contributed by atoms with Crippen LogP contribution in [0.15, 0.2) is 42.5 Å². The fraction of sp³-hybridized carbons (Fsp3) is 0.0714. The minimum Gasteiger partial charge on any atom is -0.487 e. The number of anilines is 2. The number of fused-ring (bicyclic) bond motifs is 2. The van der Waals surface area contributed by atoms with Gasteiger partial charge in [0.05, 0.1) is 11.4 Å². The first kappa shape index (κ1) is 11.9. The average molecular weight is 275 g/mol. The quantitative estimate of drug-likeness (QED) is 0.800. The van der Waals surface area contributed by atoms with Crippen molar-refractivity contribution in [3.05, 3.63) is 53.1 Å². The number of para-hydroxylation sites is 1. The van der Waals surface area contributed by atoms with E-state index in [2.05, 4.69) is 0 Å². The molecule has 0 unspecified atom stereocenters. The standard InChI is InChI=1S/C14H11ClN2O2/c15-10-5-6-13-12(7-10)17(14(16)18)11-4-2-1-3-9(11)8-19-13/h1-7H,8H2,(H2,16,18). The molecule has 0 fully saturated rings. The Morgan fingerprint density at radius 2 is 2.00 bits per heavy atom. The number of hydrogen-bond donors (Lipinski definition) is 1. The van der Waals surface area contributed by atoms with E-state index in [1.807, 2.05) is 24.3 Å². The zero-order valence-electron chi connectivity index (χ0n) is 9.97. The van der Waals surface area contributed by atoms with Crippen molar-refractivity contribution in [2.24, 2.45) is 5.73 Å². The van der Waals surface area contributed by atoms with E-state index in [4.69, 9.17) is 22.1 Å². The van der Waals surface area contributed by atoms with Gasteiger partial charge >= 0.3 is 6.03 Å². The van der Waals surface area contributed by atoms with Gasteiger partial charge < -0.3 is 10.5 Å². The van der Waals surface area contributed by atoms with Crippen LogP contribution in [0.5, 0.6) is 5.75 Å². The average Bonchev–Trinajstić information content (AvgIpc) is 2.54. The SMILES string of the molecule is NC(=O)N1c2ccccc2COc2ccc(Cl)cc21. The number of nitrogens with zero attached hydrogens (tertiary/aromatic N) is 1. The summed E-state index contributed by atoms with van der Waals surface area (Å²) in [6, 6.07) is 12.0. The number of primary amides is 1. The van der Waals surface area contributed by atoms with Crippen molar-refractivity contribution in [3.8, 4) is 5.75 Å². The van der Waals surface area contributed by atoms with Crippen LogP contribution in [0.1, 0.15) is 5.56 Å². The van der Waals surface area contributed by atoms with E-state index < -0.39 is 6.03 Å². The third-order valence-electron chi connectivity index (χ3n) is 3.00. The Kier molecular flexibility index (Phi) is 2.80. The van der Waals surface area contributed by atoms with E-state index in [1.165, 1.54) is 4.90 Å². The molecule has 2 N–H and O–H groups in total. The van der Waals surface area contributed by atoms with Gasteiger partial charge in [0.1, 0.15) is 12.4 Å². The molecule has 5 heteroatoms. The molecule has 2 amide bonds. The zero-order valence-corrected chi connectivity index (χ0v) is 10.7. The molecule has 96 valence electrons. The minimum absolute atomic E-state index is 0.384. The molecule has 0 saturated carbocycles. The third kappa shape index (κ3) is 2.00. The first-order chi connectivity index (χ1) is 9.16. The topological polar surface area (TPSA) is 55.6 Å². The summed E-state index contributed by atoms with van der Waals surface area (Å²) in [6.07, 6.45) is 0. The highest BCUT2D eigenvalue weighted by Gasteiger charge is 2.25. The Labute approximate surface area is 115 Å². The van der Waals surface area contributed by atoms with Crippen LogP contribution in [0.2, 0.25) is 5.02 Å². The van der Waals surface area contributed by atoms with Crippen LogP contribution >= 0.6 is 11.6 Å². The van der Waals surface area contributed by atoms with Crippen molar-refractivity contribution in [2.45, 2.75) is 6.61 Å². The van der Waals surface area contributed by atoms with Gasteiger partial charge in [-0.3, -0.25) is 4.90 Å². The third-order valence-corrected chi connectivity index (χ3v) is 3.23. The number of urea groups is 1. The molecule has 1 aliphatic rings. The molecule has 0 saturated heterocycles. The van der Waals surface area contributed by atoms with Gasteiger partial charge in [-0.2, -0.15) is 0 Å². The molecule has 0 radical (unpaired) electrons. The van der Waals surface area contributed by atoms with Crippen LogP contribution < -0.4 is 15.4 Å². The van der Waals surface area contributed by atoms with Gasteiger partial charge in [-0.15, -0.1) is 0 Å². The number of amides is 2. The van der Waals surface area contributed by atoms with Crippen molar-refractivity contribution >= 4 is 29.0 Å². The summed E-state index contributed by atoms with van der Waals surface area (Å²) in [5.74, 6) is 0.583. The normalized spacial score (nSPS) is 13.0. The second-order valence-corrected chi connectivity index (χ2v) is 4.64. The van der Waals surface area contributed by atoms with Crippen LogP contribution in [0.25, 0.3) is 0 Å². The molecule has 0 aliphatic carbocycles. The largest absolute Gasteiger partial charge is 0.487 e. The molecule has 3 rings (SSSR count). The van der Waals surface area contributed by atoms with Crippen molar-refractivity contribution in [3.63, 3.8) is 0 Å². The van der Waals surface area contributed by atoms with E-state index >= 15 is 0 Å². The molecule has 1 aliphatic heterocycles. The second kappa shape index (κ2) is 4.48. The maximum Gasteiger partial charge on any atom is 0.324 e. The minimum atomic E-state index is -0.568. The van der Waals surface area contributed by atoms with Crippen molar-refractivity contribution in [1.82, 2.24) is 0 Å². The Bertz CT molecular complexity index is 658. The summed E-state index contributed by atoms with van der Waals surface area (Å²) in [6.45, 7) is 0.384. The Morgan fingerprint density at radius 3 is 2.79 bits per heavy atom. The Morgan fingerprint density at radius 1 is 1.21 bits per heavy atom. The Balaban J connectivity index is 2.25. The van der Waals surface area contributed by atoms with E-state index in [0.29, 0.717) is 23.1 Å². The summed E-state index contributed by atoms with van der Waals surface area (Å²) in [4.78, 5) is 13.2. The van der Waals surface area contributed by atoms with Crippen LogP contribution in [0, 0.1) is 0 Å². The lowest BCUT2D eigenvalue weighted by atomic mass is 10.1. The number of benzene rings is 2. The number of ether oxygens (including phenoxy) is 1. The van der Waals surface area contributed by atoms with Crippen LogP contribution in [0.4, 0.5) is 16.2 Å². The van der Waals surface area contributed by atoms with Gasteiger partial charge in [0.25, 0.3) is 0 Å². The van der Waals surface area contributed by atoms with Gasteiger partial charge in [0.15, 0.2) is 0 Å². The van der Waals surface area contributed by atoms with Gasteiger partial charge in [0.2, 0.25) is 0 Å². The first-order valence-electron chi connectivity index (χ1n) is 5.76. The molecule has 19 heavy (non-hydrogen) atoms. The van der Waals surface area contributed by atoms with Gasteiger partial charge in [-0.1, -0.05) is 29.8 Å². The van der Waals surface area contributed by atoms with Gasteiger partial charge in [-0.25, -0.2) is 4.79 Å². The predicted octanol–water partition coefficient (Wildman–Crippen LogP) is 3.45. The number of carbonyl (C=O) groups excluding carboxylic acids is 1. The highest BCUT2D eigenvalue weighted by Crippen LogP contribution is 2.40. The molecular formula is C14H11ClN2O2. The molecule has 0 atom stereocenters. The molecule has 0 spiro atoms. The molecule has 2 aromatic carbocycles. The number of halogens is 1. The highest BCUT2D eigenvalue weighted by molar-refractivity contribution is 6.31. The Hall–Kier alpha value is -2.20. The van der Waals surface area contributed by atoms with Gasteiger partial charge in [0, 0.05) is 10.6 Å². The molecule has 0 bridgehead atoms. The summed E-state index contributed by atoms with van der Waals surface area (Å²) >= 11 is 5.99. The van der Waals surface area contributed by atoms with Crippen molar-refractivity contribution in [1.29, 1.82) is 0 Å². The maximum absolute atomic E-state index is 11.8. The monoisotopic (exact) mass is 274 g/mol. The number of carbonyl (C=O) groups is 1. The summed E-state index contributed by atoms with van der Waals surface area (Å²) in [5.41, 5.74) is 7.68. The fourth-order valence-electron chi connectivity index (χ4n) is 2.16. The summed E-state index contributed by atoms with van der Waals surface area (Å²) < 4.78 is 5.70. The maximum atomic E-state index is 11.8. The number of nitrogens with two attached hydrogens (primary N) is 1. The molecule has 1 heterocycles. The molecule has 4 nitrogen and oxygen atoms in total. The lowest BCUT2D eigenvalue weighted by Gasteiger charge is -2.21. The van der Waals surface area contributed by atoms with Crippen molar-refractivity contribution in [2.75, 3.05) is 4.90 Å². The first-order valence-corrected chi connectivity index (χ1v) is 6.14.